The van der Waals surface area contributed by atoms with Crippen molar-refractivity contribution in [1.29, 1.82) is 0 Å². The van der Waals surface area contributed by atoms with E-state index in [4.69, 9.17) is 10.5 Å². The number of hydrogen-bond acceptors (Lipinski definition) is 4. The molecule has 1 fully saturated rings. The van der Waals surface area contributed by atoms with Gasteiger partial charge in [0.15, 0.2) is 0 Å². The van der Waals surface area contributed by atoms with Crippen LogP contribution in [-0.4, -0.2) is 52.1 Å². The summed E-state index contributed by atoms with van der Waals surface area (Å²) in [7, 11) is -1.88. The quantitative estimate of drug-likeness (QED) is 0.636. The van der Waals surface area contributed by atoms with E-state index >= 15 is 0 Å². The molecule has 6 nitrogen and oxygen atoms in total. The lowest BCUT2D eigenvalue weighted by Crippen LogP contribution is -2.55. The van der Waals surface area contributed by atoms with Crippen LogP contribution in [0.4, 0.5) is 0 Å². The normalized spacial score (nSPS) is 27.2. The van der Waals surface area contributed by atoms with E-state index in [1.165, 1.54) is 4.31 Å². The summed E-state index contributed by atoms with van der Waals surface area (Å²) < 4.78 is 33.0. The minimum atomic E-state index is -3.43. The van der Waals surface area contributed by atoms with Gasteiger partial charge in [0, 0.05) is 32.8 Å². The molecule has 0 spiro atoms. The molecule has 17 heavy (non-hydrogen) atoms. The average molecular weight is 265 g/mol. The maximum Gasteiger partial charge on any atom is 0.279 e. The third kappa shape index (κ3) is 3.89. The second kappa shape index (κ2) is 6.65. The second-order valence-corrected chi connectivity index (χ2v) is 6.13. The van der Waals surface area contributed by atoms with Crippen molar-refractivity contribution in [1.82, 2.24) is 9.03 Å². The third-order valence-corrected chi connectivity index (χ3v) is 4.85. The number of nitrogens with one attached hydrogen (secondary N) is 1. The fourth-order valence-electron chi connectivity index (χ4n) is 2.22. The molecular formula is C10H23N3O3S. The molecule has 0 aliphatic carbocycles. The number of ether oxygens (including phenoxy) is 1. The Bertz CT molecular complexity index is 321. The van der Waals surface area contributed by atoms with E-state index in [1.807, 2.05) is 6.92 Å². The van der Waals surface area contributed by atoms with Crippen LogP contribution in [0.15, 0.2) is 0 Å². The zero-order valence-corrected chi connectivity index (χ0v) is 11.4. The lowest BCUT2D eigenvalue weighted by Gasteiger charge is -2.38. The first kappa shape index (κ1) is 14.8. The van der Waals surface area contributed by atoms with E-state index in [9.17, 15) is 8.42 Å². The molecule has 0 bridgehead atoms. The monoisotopic (exact) mass is 265 g/mol. The number of methoxy groups -OCH3 is 1. The molecule has 0 aromatic heterocycles. The van der Waals surface area contributed by atoms with E-state index in [1.54, 1.807) is 7.11 Å². The molecule has 1 heterocycles. The highest BCUT2D eigenvalue weighted by Gasteiger charge is 2.35. The van der Waals surface area contributed by atoms with Gasteiger partial charge in [-0.25, -0.2) is 0 Å². The molecule has 2 atom stereocenters. The summed E-state index contributed by atoms with van der Waals surface area (Å²) in [6, 6.07) is -0.0937. The Hall–Kier alpha value is -0.210. The third-order valence-electron chi connectivity index (χ3n) is 3.21. The predicted octanol–water partition coefficient (Wildman–Crippen LogP) is -0.474. The Morgan fingerprint density at radius 3 is 2.82 bits per heavy atom. The minimum Gasteiger partial charge on any atom is -0.383 e. The van der Waals surface area contributed by atoms with E-state index in [0.717, 1.165) is 12.8 Å². The van der Waals surface area contributed by atoms with Gasteiger partial charge in [0.2, 0.25) is 0 Å². The SMILES string of the molecule is COCCNS(=O)(=O)N1CCCC(C)C1CN. The van der Waals surface area contributed by atoms with Crippen LogP contribution < -0.4 is 10.5 Å². The molecule has 102 valence electrons. The molecule has 3 N–H and O–H groups in total. The van der Waals surface area contributed by atoms with Crippen molar-refractivity contribution in [3.63, 3.8) is 0 Å². The van der Waals surface area contributed by atoms with Gasteiger partial charge in [-0.05, 0) is 18.8 Å². The number of piperidine rings is 1. The van der Waals surface area contributed by atoms with Crippen molar-refractivity contribution >= 4 is 10.2 Å². The highest BCUT2D eigenvalue weighted by Crippen LogP contribution is 2.24. The molecule has 1 rings (SSSR count). The molecule has 0 aromatic rings. The largest absolute Gasteiger partial charge is 0.383 e. The standard InChI is InChI=1S/C10H23N3O3S/c1-9-4-3-6-13(10(9)8-11)17(14,15)12-5-7-16-2/h9-10,12H,3-8,11H2,1-2H3. The summed E-state index contributed by atoms with van der Waals surface area (Å²) in [4.78, 5) is 0. The van der Waals surface area contributed by atoms with Crippen molar-refractivity contribution < 1.29 is 13.2 Å². The molecule has 1 aliphatic heterocycles. The lowest BCUT2D eigenvalue weighted by molar-refractivity contribution is 0.185. The number of hydrogen-bond donors (Lipinski definition) is 2. The number of nitrogens with two attached hydrogens (primary N) is 1. The maximum atomic E-state index is 12.1. The van der Waals surface area contributed by atoms with Crippen molar-refractivity contribution in [3.8, 4) is 0 Å². The molecule has 2 unspecified atom stereocenters. The zero-order chi connectivity index (χ0) is 12.9. The van der Waals surface area contributed by atoms with Crippen molar-refractivity contribution in [2.45, 2.75) is 25.8 Å². The van der Waals surface area contributed by atoms with Crippen LogP contribution >= 0.6 is 0 Å². The molecule has 0 amide bonds. The summed E-state index contributed by atoms with van der Waals surface area (Å²) in [6.45, 7) is 3.63. The molecule has 0 aromatic carbocycles. The summed E-state index contributed by atoms with van der Waals surface area (Å²) in [6.07, 6.45) is 1.93. The molecule has 1 saturated heterocycles. The first-order valence-electron chi connectivity index (χ1n) is 5.98. The lowest BCUT2D eigenvalue weighted by atomic mass is 9.93. The Labute approximate surface area is 104 Å². The summed E-state index contributed by atoms with van der Waals surface area (Å²) in [5.74, 6) is 0.313. The first-order chi connectivity index (χ1) is 8.03. The second-order valence-electron chi connectivity index (χ2n) is 4.43. The summed E-state index contributed by atoms with van der Waals surface area (Å²) in [5, 5.41) is 0. The van der Waals surface area contributed by atoms with Gasteiger partial charge in [-0.1, -0.05) is 6.92 Å². The maximum absolute atomic E-state index is 12.1. The highest BCUT2D eigenvalue weighted by atomic mass is 32.2. The van der Waals surface area contributed by atoms with Crippen LogP contribution in [0.25, 0.3) is 0 Å². The van der Waals surface area contributed by atoms with Gasteiger partial charge in [0.25, 0.3) is 10.2 Å². The minimum absolute atomic E-state index is 0.0937. The fraction of sp³-hybridized carbons (Fsp3) is 1.00. The van der Waals surface area contributed by atoms with E-state index < -0.39 is 10.2 Å². The summed E-state index contributed by atoms with van der Waals surface area (Å²) in [5.41, 5.74) is 5.68. The Balaban J connectivity index is 2.67. The highest BCUT2D eigenvalue weighted by molar-refractivity contribution is 7.87. The fourth-order valence-corrected chi connectivity index (χ4v) is 3.74. The van der Waals surface area contributed by atoms with Crippen LogP contribution in [0.5, 0.6) is 0 Å². The van der Waals surface area contributed by atoms with Gasteiger partial charge in [0.1, 0.15) is 0 Å². The van der Waals surface area contributed by atoms with Gasteiger partial charge in [-0.15, -0.1) is 0 Å². The van der Waals surface area contributed by atoms with Gasteiger partial charge in [-0.2, -0.15) is 17.4 Å². The van der Waals surface area contributed by atoms with Crippen molar-refractivity contribution in [3.05, 3.63) is 0 Å². The Morgan fingerprint density at radius 2 is 2.24 bits per heavy atom. The molecule has 0 saturated carbocycles. The molecular weight excluding hydrogens is 242 g/mol. The van der Waals surface area contributed by atoms with Crippen molar-refractivity contribution in [2.24, 2.45) is 11.7 Å². The van der Waals surface area contributed by atoms with Gasteiger partial charge in [-0.3, -0.25) is 0 Å². The van der Waals surface area contributed by atoms with Crippen LogP contribution in [0, 0.1) is 5.92 Å². The predicted molar refractivity (Wildman–Crippen MR) is 66.7 cm³/mol. The van der Waals surface area contributed by atoms with Crippen LogP contribution in [-0.2, 0) is 14.9 Å². The Morgan fingerprint density at radius 1 is 1.53 bits per heavy atom. The molecule has 0 radical (unpaired) electrons. The van der Waals surface area contributed by atoms with Crippen LogP contribution in [0.2, 0.25) is 0 Å². The number of nitrogens with zero attached hydrogens (tertiary/aromatic N) is 1. The average Bonchev–Trinajstić information content (AvgIpc) is 2.29. The number of rotatable bonds is 6. The van der Waals surface area contributed by atoms with E-state index in [-0.39, 0.29) is 6.04 Å². The zero-order valence-electron chi connectivity index (χ0n) is 10.6. The van der Waals surface area contributed by atoms with Crippen LogP contribution in [0.3, 0.4) is 0 Å². The van der Waals surface area contributed by atoms with Gasteiger partial charge < -0.3 is 10.5 Å². The van der Waals surface area contributed by atoms with Crippen molar-refractivity contribution in [2.75, 3.05) is 33.4 Å². The van der Waals surface area contributed by atoms with Crippen LogP contribution in [0.1, 0.15) is 19.8 Å². The van der Waals surface area contributed by atoms with E-state index in [2.05, 4.69) is 4.72 Å². The van der Waals surface area contributed by atoms with Gasteiger partial charge >= 0.3 is 0 Å². The molecule has 7 heteroatoms. The summed E-state index contributed by atoms with van der Waals surface area (Å²) >= 11 is 0. The molecule has 1 aliphatic rings. The first-order valence-corrected chi connectivity index (χ1v) is 7.42. The Kier molecular flexibility index (Phi) is 5.81. The van der Waals surface area contributed by atoms with Gasteiger partial charge in [0.05, 0.1) is 6.61 Å². The topological polar surface area (TPSA) is 84.7 Å². The smallest absolute Gasteiger partial charge is 0.279 e. The van der Waals surface area contributed by atoms with E-state index in [0.29, 0.717) is 32.2 Å².